The van der Waals surface area contributed by atoms with Gasteiger partial charge in [0.05, 0.1) is 19.8 Å². The molecule has 1 saturated carbocycles. The van der Waals surface area contributed by atoms with Crippen LogP contribution < -0.4 is 10.6 Å². The van der Waals surface area contributed by atoms with Crippen LogP contribution in [0.25, 0.3) is 0 Å². The zero-order chi connectivity index (χ0) is 20.4. The fraction of sp³-hybridized carbons (Fsp3) is 0.696. The molecule has 170 valence electrons. The molecule has 2 fully saturated rings. The predicted octanol–water partition coefficient (Wildman–Crippen LogP) is 3.54. The third-order valence-electron chi connectivity index (χ3n) is 6.30. The first-order chi connectivity index (χ1) is 14.3. The lowest BCUT2D eigenvalue weighted by Gasteiger charge is -2.48. The van der Waals surface area contributed by atoms with Gasteiger partial charge in [-0.2, -0.15) is 0 Å². The molecule has 1 aromatic rings. The lowest BCUT2D eigenvalue weighted by molar-refractivity contribution is -0.0352. The maximum Gasteiger partial charge on any atom is 0.191 e. The van der Waals surface area contributed by atoms with Gasteiger partial charge < -0.3 is 20.1 Å². The zero-order valence-electron chi connectivity index (χ0n) is 18.6. The van der Waals surface area contributed by atoms with E-state index in [9.17, 15) is 0 Å². The largest absolute Gasteiger partial charge is 0.379 e. The van der Waals surface area contributed by atoms with Gasteiger partial charge >= 0.3 is 0 Å². The minimum Gasteiger partial charge on any atom is -0.379 e. The first kappa shape index (κ1) is 25.4. The average molecular weight is 530 g/mol. The second kappa shape index (κ2) is 13.5. The number of rotatable bonds is 8. The molecule has 1 aromatic carbocycles. The minimum absolute atomic E-state index is 0. The number of morpholine rings is 1. The van der Waals surface area contributed by atoms with Gasteiger partial charge in [0.2, 0.25) is 0 Å². The van der Waals surface area contributed by atoms with Crippen molar-refractivity contribution in [1.82, 2.24) is 15.5 Å². The van der Waals surface area contributed by atoms with Crippen molar-refractivity contribution in [3.63, 3.8) is 0 Å². The Bertz CT molecular complexity index is 644. The standard InChI is InChI=1S/C23H38N4O2.HI/c1-3-28-18-21-10-6-5-9-20(21)17-25-22(24-2)26-19-23(11-7-4-8-12-23)27-13-15-29-16-14-27;/h5-6,9-10H,3-4,7-8,11-19H2,1-2H3,(H2,24,25,26);1H. The second-order valence-corrected chi connectivity index (χ2v) is 8.07. The zero-order valence-corrected chi connectivity index (χ0v) is 21.0. The summed E-state index contributed by atoms with van der Waals surface area (Å²) in [6, 6.07) is 8.45. The summed E-state index contributed by atoms with van der Waals surface area (Å²) in [4.78, 5) is 7.14. The van der Waals surface area contributed by atoms with Crippen LogP contribution in [0.4, 0.5) is 0 Å². The van der Waals surface area contributed by atoms with E-state index in [0.29, 0.717) is 6.61 Å². The summed E-state index contributed by atoms with van der Waals surface area (Å²) in [7, 11) is 1.85. The molecule has 1 heterocycles. The van der Waals surface area contributed by atoms with Crippen LogP contribution in [0.3, 0.4) is 0 Å². The molecule has 2 N–H and O–H groups in total. The number of aliphatic imine (C=N–C) groups is 1. The van der Waals surface area contributed by atoms with Gasteiger partial charge in [-0.05, 0) is 30.9 Å². The van der Waals surface area contributed by atoms with Gasteiger partial charge in [0.15, 0.2) is 5.96 Å². The molecule has 1 aliphatic carbocycles. The molecule has 3 rings (SSSR count). The van der Waals surface area contributed by atoms with E-state index in [-0.39, 0.29) is 29.5 Å². The Morgan fingerprint density at radius 3 is 2.47 bits per heavy atom. The molecule has 2 aliphatic rings. The number of hydrogen-bond acceptors (Lipinski definition) is 4. The molecule has 0 bridgehead atoms. The Hall–Kier alpha value is -0.900. The van der Waals surface area contributed by atoms with Crippen molar-refractivity contribution in [3.05, 3.63) is 35.4 Å². The van der Waals surface area contributed by atoms with Gasteiger partial charge in [-0.15, -0.1) is 24.0 Å². The van der Waals surface area contributed by atoms with Gasteiger partial charge in [-0.25, -0.2) is 0 Å². The molecule has 0 amide bonds. The van der Waals surface area contributed by atoms with Gasteiger partial charge in [0.25, 0.3) is 0 Å². The van der Waals surface area contributed by atoms with Crippen molar-refractivity contribution >= 4 is 29.9 Å². The molecule has 0 spiro atoms. The predicted molar refractivity (Wildman–Crippen MR) is 134 cm³/mol. The first-order valence-electron chi connectivity index (χ1n) is 11.2. The van der Waals surface area contributed by atoms with E-state index < -0.39 is 0 Å². The number of guanidine groups is 1. The van der Waals surface area contributed by atoms with Crippen molar-refractivity contribution in [2.45, 2.75) is 57.7 Å². The van der Waals surface area contributed by atoms with Crippen molar-refractivity contribution in [2.24, 2.45) is 4.99 Å². The molecule has 0 atom stereocenters. The molecule has 0 unspecified atom stereocenters. The highest BCUT2D eigenvalue weighted by molar-refractivity contribution is 14.0. The second-order valence-electron chi connectivity index (χ2n) is 8.07. The van der Waals surface area contributed by atoms with Gasteiger partial charge in [-0.1, -0.05) is 43.5 Å². The van der Waals surface area contributed by atoms with Crippen molar-refractivity contribution in [1.29, 1.82) is 0 Å². The third-order valence-corrected chi connectivity index (χ3v) is 6.30. The topological polar surface area (TPSA) is 58.1 Å². The molecular formula is C23H39IN4O2. The van der Waals surface area contributed by atoms with Crippen LogP contribution in [0.2, 0.25) is 0 Å². The van der Waals surface area contributed by atoms with Gasteiger partial charge in [-0.3, -0.25) is 9.89 Å². The van der Waals surface area contributed by atoms with Gasteiger partial charge in [0.1, 0.15) is 0 Å². The van der Waals surface area contributed by atoms with Crippen LogP contribution >= 0.6 is 24.0 Å². The summed E-state index contributed by atoms with van der Waals surface area (Å²) in [6.07, 6.45) is 6.50. The molecule has 0 radical (unpaired) electrons. The van der Waals surface area contributed by atoms with Crippen molar-refractivity contribution in [2.75, 3.05) is 46.5 Å². The maximum absolute atomic E-state index is 5.61. The summed E-state index contributed by atoms with van der Waals surface area (Å²) in [5.74, 6) is 0.870. The quantitative estimate of drug-likeness (QED) is 0.306. The normalized spacial score (nSPS) is 19.7. The lowest BCUT2D eigenvalue weighted by Crippen LogP contribution is -2.60. The van der Waals surface area contributed by atoms with Gasteiger partial charge in [0, 0.05) is 45.4 Å². The fourth-order valence-corrected chi connectivity index (χ4v) is 4.58. The van der Waals surface area contributed by atoms with Crippen LogP contribution in [0.1, 0.15) is 50.2 Å². The van der Waals surface area contributed by atoms with E-state index in [2.05, 4.69) is 44.8 Å². The van der Waals surface area contributed by atoms with E-state index in [1.54, 1.807) is 0 Å². The van der Waals surface area contributed by atoms with E-state index in [1.165, 1.54) is 43.2 Å². The smallest absolute Gasteiger partial charge is 0.191 e. The average Bonchev–Trinajstić information content (AvgIpc) is 2.79. The van der Waals surface area contributed by atoms with Crippen LogP contribution in [0, 0.1) is 0 Å². The highest BCUT2D eigenvalue weighted by Crippen LogP contribution is 2.33. The fourth-order valence-electron chi connectivity index (χ4n) is 4.58. The monoisotopic (exact) mass is 530 g/mol. The van der Waals surface area contributed by atoms with Crippen LogP contribution in [0.5, 0.6) is 0 Å². The molecule has 30 heavy (non-hydrogen) atoms. The van der Waals surface area contributed by atoms with E-state index in [0.717, 1.165) is 52.0 Å². The number of hydrogen-bond donors (Lipinski definition) is 2. The summed E-state index contributed by atoms with van der Waals surface area (Å²) < 4.78 is 11.2. The summed E-state index contributed by atoms with van der Waals surface area (Å²) >= 11 is 0. The van der Waals surface area contributed by atoms with Crippen molar-refractivity contribution < 1.29 is 9.47 Å². The SMILES string of the molecule is CCOCc1ccccc1CNC(=NC)NCC1(N2CCOCC2)CCCCC1.I. The highest BCUT2D eigenvalue weighted by atomic mass is 127. The van der Waals surface area contributed by atoms with E-state index in [1.807, 2.05) is 14.0 Å². The molecule has 6 nitrogen and oxygen atoms in total. The number of nitrogens with zero attached hydrogens (tertiary/aromatic N) is 2. The molecule has 0 aromatic heterocycles. The number of nitrogens with one attached hydrogen (secondary N) is 2. The summed E-state index contributed by atoms with van der Waals surface area (Å²) in [5, 5.41) is 7.14. The number of ether oxygens (including phenoxy) is 2. The van der Waals surface area contributed by atoms with E-state index >= 15 is 0 Å². The van der Waals surface area contributed by atoms with Crippen LogP contribution in [-0.2, 0) is 22.6 Å². The third kappa shape index (κ3) is 7.07. The first-order valence-corrected chi connectivity index (χ1v) is 11.2. The Kier molecular flexibility index (Phi) is 11.4. The Morgan fingerprint density at radius 1 is 1.10 bits per heavy atom. The summed E-state index contributed by atoms with van der Waals surface area (Å²) in [6.45, 7) is 8.88. The number of benzene rings is 1. The Morgan fingerprint density at radius 2 is 1.80 bits per heavy atom. The van der Waals surface area contributed by atoms with Crippen LogP contribution in [-0.4, -0.2) is 62.9 Å². The lowest BCUT2D eigenvalue weighted by atomic mass is 9.80. The number of halogens is 1. The molecule has 7 heteroatoms. The van der Waals surface area contributed by atoms with Crippen LogP contribution in [0.15, 0.2) is 29.3 Å². The minimum atomic E-state index is 0. The Labute approximate surface area is 199 Å². The summed E-state index contributed by atoms with van der Waals surface area (Å²) in [5.41, 5.74) is 2.71. The maximum atomic E-state index is 5.61. The Balaban J connectivity index is 0.00000320. The highest BCUT2D eigenvalue weighted by Gasteiger charge is 2.38. The van der Waals surface area contributed by atoms with Crippen molar-refractivity contribution in [3.8, 4) is 0 Å². The molecule has 1 aliphatic heterocycles. The molecule has 1 saturated heterocycles. The molecular weight excluding hydrogens is 491 g/mol. The van der Waals surface area contributed by atoms with E-state index in [4.69, 9.17) is 9.47 Å².